The summed E-state index contributed by atoms with van der Waals surface area (Å²) in [6.07, 6.45) is 6.06. The van der Waals surface area contributed by atoms with Gasteiger partial charge in [0.15, 0.2) is 11.6 Å². The minimum Gasteiger partial charge on any atom is -0.505 e. The van der Waals surface area contributed by atoms with Crippen molar-refractivity contribution < 1.29 is 14.3 Å². The highest BCUT2D eigenvalue weighted by atomic mass is 19.1. The van der Waals surface area contributed by atoms with Gasteiger partial charge >= 0.3 is 0 Å². The van der Waals surface area contributed by atoms with Gasteiger partial charge in [-0.1, -0.05) is 19.3 Å². The van der Waals surface area contributed by atoms with Gasteiger partial charge in [0.2, 0.25) is 0 Å². The Morgan fingerprint density at radius 3 is 2.72 bits per heavy atom. The summed E-state index contributed by atoms with van der Waals surface area (Å²) in [5.74, 6) is -0.928. The van der Waals surface area contributed by atoms with E-state index in [2.05, 4.69) is 5.32 Å². The van der Waals surface area contributed by atoms with Crippen molar-refractivity contribution in [2.24, 2.45) is 5.92 Å². The normalized spacial score (nSPS) is 16.5. The van der Waals surface area contributed by atoms with Crippen LogP contribution < -0.4 is 5.32 Å². The molecule has 1 aromatic rings. The first-order valence-corrected chi connectivity index (χ1v) is 6.43. The van der Waals surface area contributed by atoms with Crippen molar-refractivity contribution in [3.05, 3.63) is 29.6 Å². The Bertz CT molecular complexity index is 428. The third kappa shape index (κ3) is 3.22. The molecule has 1 aliphatic carbocycles. The summed E-state index contributed by atoms with van der Waals surface area (Å²) < 4.78 is 13.1. The maximum Gasteiger partial charge on any atom is 0.251 e. The molecule has 0 radical (unpaired) electrons. The first kappa shape index (κ1) is 12.9. The second-order valence-corrected chi connectivity index (χ2v) is 4.88. The molecule has 0 saturated heterocycles. The molecule has 1 fully saturated rings. The van der Waals surface area contributed by atoms with Gasteiger partial charge in [0, 0.05) is 12.1 Å². The number of rotatable bonds is 3. The van der Waals surface area contributed by atoms with Gasteiger partial charge < -0.3 is 10.4 Å². The zero-order valence-electron chi connectivity index (χ0n) is 10.3. The zero-order chi connectivity index (χ0) is 13.0. The van der Waals surface area contributed by atoms with E-state index in [9.17, 15) is 9.18 Å². The largest absolute Gasteiger partial charge is 0.505 e. The van der Waals surface area contributed by atoms with Gasteiger partial charge in [0.1, 0.15) is 0 Å². The van der Waals surface area contributed by atoms with Crippen molar-refractivity contribution in [1.29, 1.82) is 0 Å². The molecule has 1 aromatic carbocycles. The number of amides is 1. The van der Waals surface area contributed by atoms with Gasteiger partial charge in [0.25, 0.3) is 5.91 Å². The van der Waals surface area contributed by atoms with Crippen LogP contribution in [0.1, 0.15) is 42.5 Å². The Morgan fingerprint density at radius 2 is 2.06 bits per heavy atom. The lowest BCUT2D eigenvalue weighted by molar-refractivity contribution is 0.0943. The third-order valence-electron chi connectivity index (χ3n) is 3.49. The molecule has 2 N–H and O–H groups in total. The van der Waals surface area contributed by atoms with Gasteiger partial charge in [-0.05, 0) is 37.0 Å². The van der Waals surface area contributed by atoms with E-state index in [1.165, 1.54) is 31.4 Å². The van der Waals surface area contributed by atoms with Gasteiger partial charge in [-0.15, -0.1) is 0 Å². The first-order valence-electron chi connectivity index (χ1n) is 6.43. The van der Waals surface area contributed by atoms with Gasteiger partial charge in [0.05, 0.1) is 0 Å². The first-order chi connectivity index (χ1) is 8.66. The molecule has 1 saturated carbocycles. The molecule has 1 aliphatic rings. The molecule has 0 atom stereocenters. The topological polar surface area (TPSA) is 49.3 Å². The average Bonchev–Trinajstić information content (AvgIpc) is 2.40. The molecular weight excluding hydrogens is 233 g/mol. The molecule has 3 nitrogen and oxygen atoms in total. The Balaban J connectivity index is 1.88. The second-order valence-electron chi connectivity index (χ2n) is 4.88. The van der Waals surface area contributed by atoms with E-state index in [0.717, 1.165) is 18.9 Å². The maximum absolute atomic E-state index is 13.1. The minimum absolute atomic E-state index is 0.251. The van der Waals surface area contributed by atoms with Crippen LogP contribution in [0, 0.1) is 11.7 Å². The fourth-order valence-electron chi connectivity index (χ4n) is 2.38. The molecule has 0 bridgehead atoms. The van der Waals surface area contributed by atoms with Crippen molar-refractivity contribution in [2.45, 2.75) is 32.1 Å². The summed E-state index contributed by atoms with van der Waals surface area (Å²) >= 11 is 0. The number of hydrogen-bond acceptors (Lipinski definition) is 2. The predicted octanol–water partition coefficient (Wildman–Crippen LogP) is 2.84. The van der Waals surface area contributed by atoms with Crippen LogP contribution in [0.25, 0.3) is 0 Å². The molecule has 1 amide bonds. The summed E-state index contributed by atoms with van der Waals surface area (Å²) in [6, 6.07) is 3.69. The molecule has 2 rings (SSSR count). The highest BCUT2D eigenvalue weighted by Gasteiger charge is 2.15. The predicted molar refractivity (Wildman–Crippen MR) is 67.0 cm³/mol. The monoisotopic (exact) mass is 251 g/mol. The Kier molecular flexibility index (Phi) is 4.18. The summed E-state index contributed by atoms with van der Waals surface area (Å²) in [4.78, 5) is 11.8. The summed E-state index contributed by atoms with van der Waals surface area (Å²) in [5.41, 5.74) is 0.251. The highest BCUT2D eigenvalue weighted by Crippen LogP contribution is 2.23. The van der Waals surface area contributed by atoms with Crippen molar-refractivity contribution in [2.75, 3.05) is 6.54 Å². The number of aromatic hydroxyl groups is 1. The molecule has 98 valence electrons. The number of halogens is 1. The number of phenolic OH excluding ortho intramolecular Hbond substituents is 1. The van der Waals surface area contributed by atoms with Crippen LogP contribution >= 0.6 is 0 Å². The number of benzene rings is 1. The molecule has 0 aliphatic heterocycles. The molecule has 0 spiro atoms. The SMILES string of the molecule is O=C(NCC1CCCCC1)c1ccc(O)c(F)c1. The summed E-state index contributed by atoms with van der Waals surface area (Å²) in [7, 11) is 0. The number of carbonyl (C=O) groups excluding carboxylic acids is 1. The number of hydrogen-bond donors (Lipinski definition) is 2. The van der Waals surface area contributed by atoms with Crippen LogP contribution in [0.3, 0.4) is 0 Å². The van der Waals surface area contributed by atoms with Crippen LogP contribution in [0.4, 0.5) is 4.39 Å². The van der Waals surface area contributed by atoms with E-state index >= 15 is 0 Å². The fraction of sp³-hybridized carbons (Fsp3) is 0.500. The van der Waals surface area contributed by atoms with Crippen molar-refractivity contribution >= 4 is 5.91 Å². The third-order valence-corrected chi connectivity index (χ3v) is 3.49. The number of phenols is 1. The molecule has 0 aromatic heterocycles. The van der Waals surface area contributed by atoms with E-state index in [1.54, 1.807) is 0 Å². The molecule has 4 heteroatoms. The Labute approximate surface area is 106 Å². The van der Waals surface area contributed by atoms with Crippen molar-refractivity contribution in [3.8, 4) is 5.75 Å². The van der Waals surface area contributed by atoms with E-state index < -0.39 is 11.6 Å². The van der Waals surface area contributed by atoms with Crippen LogP contribution in [0.15, 0.2) is 18.2 Å². The van der Waals surface area contributed by atoms with E-state index in [0.29, 0.717) is 12.5 Å². The van der Waals surface area contributed by atoms with Crippen molar-refractivity contribution in [1.82, 2.24) is 5.32 Å². The van der Waals surface area contributed by atoms with E-state index in [4.69, 9.17) is 5.11 Å². The van der Waals surface area contributed by atoms with E-state index in [-0.39, 0.29) is 11.5 Å². The van der Waals surface area contributed by atoms with Crippen molar-refractivity contribution in [3.63, 3.8) is 0 Å². The number of carbonyl (C=O) groups is 1. The van der Waals surface area contributed by atoms with Crippen LogP contribution in [0.5, 0.6) is 5.75 Å². The van der Waals surface area contributed by atoms with Crippen LogP contribution in [-0.4, -0.2) is 17.6 Å². The zero-order valence-corrected chi connectivity index (χ0v) is 10.3. The quantitative estimate of drug-likeness (QED) is 0.867. The number of nitrogens with one attached hydrogen (secondary N) is 1. The molecular formula is C14H18FNO2. The van der Waals surface area contributed by atoms with E-state index in [1.807, 2.05) is 0 Å². The molecule has 18 heavy (non-hydrogen) atoms. The molecule has 0 unspecified atom stereocenters. The lowest BCUT2D eigenvalue weighted by Gasteiger charge is -2.21. The van der Waals surface area contributed by atoms with Gasteiger partial charge in [-0.2, -0.15) is 0 Å². The minimum atomic E-state index is -0.764. The second kappa shape index (κ2) is 5.85. The Morgan fingerprint density at radius 1 is 1.33 bits per heavy atom. The highest BCUT2D eigenvalue weighted by molar-refractivity contribution is 5.94. The smallest absolute Gasteiger partial charge is 0.251 e. The summed E-state index contributed by atoms with van der Waals surface area (Å²) in [6.45, 7) is 0.654. The maximum atomic E-state index is 13.1. The van der Waals surface area contributed by atoms with Crippen LogP contribution in [0.2, 0.25) is 0 Å². The summed E-state index contributed by atoms with van der Waals surface area (Å²) in [5, 5.41) is 11.9. The lowest BCUT2D eigenvalue weighted by Crippen LogP contribution is -2.30. The van der Waals surface area contributed by atoms with Gasteiger partial charge in [-0.3, -0.25) is 4.79 Å². The molecule has 0 heterocycles. The lowest BCUT2D eigenvalue weighted by atomic mass is 9.89. The average molecular weight is 251 g/mol. The Hall–Kier alpha value is -1.58. The fourth-order valence-corrected chi connectivity index (χ4v) is 2.38. The van der Waals surface area contributed by atoms with Gasteiger partial charge in [-0.25, -0.2) is 4.39 Å². The van der Waals surface area contributed by atoms with Crippen LogP contribution in [-0.2, 0) is 0 Å². The standard InChI is InChI=1S/C14H18FNO2/c15-12-8-11(6-7-13(12)17)14(18)16-9-10-4-2-1-3-5-10/h6-8,10,17H,1-5,9H2,(H,16,18).